The lowest BCUT2D eigenvalue weighted by atomic mass is 10.1. The van der Waals surface area contributed by atoms with Crippen LogP contribution in [0.4, 0.5) is 11.5 Å². The molecule has 24 heavy (non-hydrogen) atoms. The summed E-state index contributed by atoms with van der Waals surface area (Å²) in [5.41, 5.74) is 11.3. The lowest BCUT2D eigenvalue weighted by molar-refractivity contribution is 0.925. The van der Waals surface area contributed by atoms with Gasteiger partial charge in [-0.2, -0.15) is 10.2 Å². The molecule has 3 N–H and O–H groups in total. The fraction of sp³-hybridized carbons (Fsp3) is 0.118. The molecule has 0 atom stereocenters. The number of aliphatic imine (C=N–C) groups is 1. The monoisotopic (exact) mass is 317 g/mol. The van der Waals surface area contributed by atoms with Crippen LogP contribution in [0.3, 0.4) is 0 Å². The van der Waals surface area contributed by atoms with Gasteiger partial charge >= 0.3 is 0 Å². The SMILES string of the molecule is Nc1cc(NCc2cccnn2)c2ncc(C3=CC=NC3)cc2n1. The number of nitrogen functional groups attached to an aromatic ring is 1. The molecule has 0 saturated heterocycles. The lowest BCUT2D eigenvalue weighted by Crippen LogP contribution is -2.05. The van der Waals surface area contributed by atoms with E-state index in [0.717, 1.165) is 33.6 Å². The molecule has 0 amide bonds. The van der Waals surface area contributed by atoms with Crippen LogP contribution in [-0.2, 0) is 6.54 Å². The molecule has 7 heteroatoms. The third-order valence-corrected chi connectivity index (χ3v) is 3.77. The van der Waals surface area contributed by atoms with Crippen molar-refractivity contribution < 1.29 is 0 Å². The van der Waals surface area contributed by atoms with Gasteiger partial charge in [0.05, 0.1) is 30.0 Å². The van der Waals surface area contributed by atoms with E-state index in [1.807, 2.05) is 30.5 Å². The first kappa shape index (κ1) is 14.3. The highest BCUT2D eigenvalue weighted by Gasteiger charge is 2.10. The van der Waals surface area contributed by atoms with Gasteiger partial charge in [-0.05, 0) is 29.8 Å². The second kappa shape index (κ2) is 6.04. The van der Waals surface area contributed by atoms with Crippen LogP contribution in [0.25, 0.3) is 16.6 Å². The van der Waals surface area contributed by atoms with Gasteiger partial charge in [-0.3, -0.25) is 9.98 Å². The van der Waals surface area contributed by atoms with E-state index in [1.54, 1.807) is 18.5 Å². The summed E-state index contributed by atoms with van der Waals surface area (Å²) in [4.78, 5) is 13.2. The molecule has 0 spiro atoms. The zero-order chi connectivity index (χ0) is 16.4. The number of rotatable bonds is 4. The first-order valence-electron chi connectivity index (χ1n) is 7.56. The van der Waals surface area contributed by atoms with Crippen molar-refractivity contribution in [3.05, 3.63) is 54.0 Å². The number of hydrogen-bond donors (Lipinski definition) is 2. The normalized spacial score (nSPS) is 13.2. The van der Waals surface area contributed by atoms with Gasteiger partial charge < -0.3 is 11.1 Å². The lowest BCUT2D eigenvalue weighted by Gasteiger charge is -2.10. The van der Waals surface area contributed by atoms with Gasteiger partial charge in [0.1, 0.15) is 11.3 Å². The highest BCUT2D eigenvalue weighted by molar-refractivity contribution is 5.94. The molecule has 4 heterocycles. The summed E-state index contributed by atoms with van der Waals surface area (Å²) in [6.07, 6.45) is 7.28. The minimum absolute atomic E-state index is 0.444. The van der Waals surface area contributed by atoms with E-state index in [1.165, 1.54) is 0 Å². The molecule has 0 unspecified atom stereocenters. The molecule has 3 aromatic rings. The number of anilines is 2. The number of nitrogens with one attached hydrogen (secondary N) is 1. The summed E-state index contributed by atoms with van der Waals surface area (Å²) in [6.45, 7) is 1.21. The first-order chi connectivity index (χ1) is 11.8. The maximum absolute atomic E-state index is 5.95. The topological polar surface area (TPSA) is 102 Å². The van der Waals surface area contributed by atoms with Crippen molar-refractivity contribution in [1.29, 1.82) is 0 Å². The molecule has 7 nitrogen and oxygen atoms in total. The van der Waals surface area contributed by atoms with E-state index in [4.69, 9.17) is 5.73 Å². The molecule has 0 aromatic carbocycles. The van der Waals surface area contributed by atoms with Gasteiger partial charge in [-0.25, -0.2) is 4.98 Å². The largest absolute Gasteiger partial charge is 0.384 e. The maximum atomic E-state index is 5.95. The molecule has 0 fully saturated rings. The fourth-order valence-corrected chi connectivity index (χ4v) is 2.59. The van der Waals surface area contributed by atoms with Crippen molar-refractivity contribution in [2.45, 2.75) is 6.54 Å². The van der Waals surface area contributed by atoms with Crippen LogP contribution < -0.4 is 11.1 Å². The Balaban J connectivity index is 1.67. The van der Waals surface area contributed by atoms with Gasteiger partial charge in [0.15, 0.2) is 0 Å². The highest BCUT2D eigenvalue weighted by Crippen LogP contribution is 2.26. The number of nitrogens with zero attached hydrogens (tertiary/aromatic N) is 5. The summed E-state index contributed by atoms with van der Waals surface area (Å²) in [5, 5.41) is 11.2. The van der Waals surface area contributed by atoms with Crippen molar-refractivity contribution in [2.75, 3.05) is 17.6 Å². The zero-order valence-electron chi connectivity index (χ0n) is 12.8. The second-order valence-electron chi connectivity index (χ2n) is 5.44. The number of allylic oxidation sites excluding steroid dienone is 1. The van der Waals surface area contributed by atoms with Crippen LogP contribution in [0.15, 0.2) is 47.7 Å². The Morgan fingerprint density at radius 1 is 1.25 bits per heavy atom. The fourth-order valence-electron chi connectivity index (χ4n) is 2.59. The van der Waals surface area contributed by atoms with E-state index in [9.17, 15) is 0 Å². The van der Waals surface area contributed by atoms with E-state index in [-0.39, 0.29) is 0 Å². The Kier molecular flexibility index (Phi) is 3.59. The summed E-state index contributed by atoms with van der Waals surface area (Å²) < 4.78 is 0. The molecular formula is C17H15N7. The molecule has 118 valence electrons. The standard InChI is InChI=1S/C17H15N7/c18-16-7-14(20-10-13-2-1-4-22-24-13)17-15(23-16)6-12(9-21-17)11-3-5-19-8-11/h1-7,9H,8,10H2,(H3,18,20,23). The van der Waals surface area contributed by atoms with Crippen molar-refractivity contribution >= 4 is 34.3 Å². The molecule has 1 aliphatic heterocycles. The van der Waals surface area contributed by atoms with Crippen LogP contribution in [0.5, 0.6) is 0 Å². The Morgan fingerprint density at radius 2 is 2.21 bits per heavy atom. The Morgan fingerprint density at radius 3 is 3.00 bits per heavy atom. The molecule has 3 aromatic heterocycles. The molecule has 4 rings (SSSR count). The molecule has 1 aliphatic rings. The van der Waals surface area contributed by atoms with Crippen LogP contribution >= 0.6 is 0 Å². The molecule has 0 bridgehead atoms. The van der Waals surface area contributed by atoms with Crippen molar-refractivity contribution in [1.82, 2.24) is 20.2 Å². The third-order valence-electron chi connectivity index (χ3n) is 3.77. The number of fused-ring (bicyclic) bond motifs is 1. The van der Waals surface area contributed by atoms with Crippen LogP contribution in [-0.4, -0.2) is 32.9 Å². The molecule has 0 radical (unpaired) electrons. The first-order valence-corrected chi connectivity index (χ1v) is 7.56. The van der Waals surface area contributed by atoms with Crippen molar-refractivity contribution in [2.24, 2.45) is 4.99 Å². The van der Waals surface area contributed by atoms with Crippen LogP contribution in [0.1, 0.15) is 11.3 Å². The van der Waals surface area contributed by atoms with Gasteiger partial charge in [0, 0.05) is 30.2 Å². The van der Waals surface area contributed by atoms with Crippen LogP contribution in [0, 0.1) is 0 Å². The van der Waals surface area contributed by atoms with Crippen molar-refractivity contribution in [3.8, 4) is 0 Å². The minimum Gasteiger partial charge on any atom is -0.384 e. The highest BCUT2D eigenvalue weighted by atomic mass is 15.1. The number of aromatic nitrogens is 4. The summed E-state index contributed by atoms with van der Waals surface area (Å²) in [5.74, 6) is 0.444. The number of nitrogens with two attached hydrogens (primary N) is 1. The summed E-state index contributed by atoms with van der Waals surface area (Å²) >= 11 is 0. The summed E-state index contributed by atoms with van der Waals surface area (Å²) in [7, 11) is 0. The Labute approximate surface area is 138 Å². The Bertz CT molecular complexity index is 948. The minimum atomic E-state index is 0.444. The average molecular weight is 317 g/mol. The second-order valence-corrected chi connectivity index (χ2v) is 5.44. The smallest absolute Gasteiger partial charge is 0.126 e. The van der Waals surface area contributed by atoms with Gasteiger partial charge in [-0.15, -0.1) is 0 Å². The molecular weight excluding hydrogens is 302 g/mol. The van der Waals surface area contributed by atoms with E-state index < -0.39 is 0 Å². The van der Waals surface area contributed by atoms with E-state index in [0.29, 0.717) is 18.9 Å². The van der Waals surface area contributed by atoms with Gasteiger partial charge in [0.25, 0.3) is 0 Å². The van der Waals surface area contributed by atoms with Gasteiger partial charge in [-0.1, -0.05) is 0 Å². The van der Waals surface area contributed by atoms with E-state index in [2.05, 4.69) is 30.5 Å². The molecule has 0 saturated carbocycles. The Hall–Kier alpha value is -3.35. The van der Waals surface area contributed by atoms with Gasteiger partial charge in [0.2, 0.25) is 0 Å². The molecule has 0 aliphatic carbocycles. The quantitative estimate of drug-likeness (QED) is 0.764. The third kappa shape index (κ3) is 2.79. The van der Waals surface area contributed by atoms with Crippen LogP contribution in [0.2, 0.25) is 0 Å². The predicted molar refractivity (Wildman–Crippen MR) is 94.6 cm³/mol. The maximum Gasteiger partial charge on any atom is 0.126 e. The zero-order valence-corrected chi connectivity index (χ0v) is 12.8. The van der Waals surface area contributed by atoms with Crippen molar-refractivity contribution in [3.63, 3.8) is 0 Å². The number of pyridine rings is 2. The number of hydrogen-bond acceptors (Lipinski definition) is 7. The summed E-state index contributed by atoms with van der Waals surface area (Å²) in [6, 6.07) is 7.53. The average Bonchev–Trinajstić information content (AvgIpc) is 3.14. The predicted octanol–water partition coefficient (Wildman–Crippen LogP) is 2.08. The van der Waals surface area contributed by atoms with E-state index >= 15 is 0 Å².